The Kier molecular flexibility index (Phi) is 4.69. The van der Waals surface area contributed by atoms with E-state index >= 15 is 0 Å². The highest BCUT2D eigenvalue weighted by atomic mass is 19.1. The van der Waals surface area contributed by atoms with Crippen LogP contribution < -0.4 is 0 Å². The topological polar surface area (TPSA) is 47.3 Å². The third kappa shape index (κ3) is 3.57. The molecule has 0 fully saturated rings. The van der Waals surface area contributed by atoms with E-state index in [1.54, 1.807) is 18.2 Å². The molecule has 3 rings (SSSR count). The maximum atomic E-state index is 13.5. The summed E-state index contributed by atoms with van der Waals surface area (Å²) in [6.45, 7) is 2.59. The van der Waals surface area contributed by atoms with Crippen LogP contribution in [0.3, 0.4) is 0 Å². The average molecular weight is 314 g/mol. The van der Waals surface area contributed by atoms with Gasteiger partial charge in [-0.3, -0.25) is 0 Å². The van der Waals surface area contributed by atoms with Crippen LogP contribution in [-0.4, -0.2) is 27.4 Å². The van der Waals surface area contributed by atoms with E-state index in [9.17, 15) is 9.50 Å². The number of nitrogens with zero attached hydrogens (tertiary/aromatic N) is 2. The molecule has 1 heterocycles. The highest BCUT2D eigenvalue weighted by Crippen LogP contribution is 2.16. The molecule has 0 aliphatic carbocycles. The number of aryl methyl sites for hydroxylation is 1. The van der Waals surface area contributed by atoms with E-state index in [2.05, 4.69) is 4.98 Å². The average Bonchev–Trinajstić information content (AvgIpc) is 2.85. The molecule has 0 saturated carbocycles. The summed E-state index contributed by atoms with van der Waals surface area (Å²) in [6, 6.07) is 14.3. The molecule has 1 aromatic heterocycles. The second-order valence-electron chi connectivity index (χ2n) is 5.52. The van der Waals surface area contributed by atoms with Crippen LogP contribution in [0.2, 0.25) is 0 Å². The first kappa shape index (κ1) is 15.6. The molecule has 0 bridgehead atoms. The number of aromatic nitrogens is 2. The summed E-state index contributed by atoms with van der Waals surface area (Å²) in [6.07, 6.45) is -0.682. The van der Waals surface area contributed by atoms with Gasteiger partial charge in [-0.25, -0.2) is 9.37 Å². The number of rotatable bonds is 6. The number of aliphatic hydroxyl groups excluding tert-OH is 1. The third-order valence-electron chi connectivity index (χ3n) is 3.76. The Morgan fingerprint density at radius 3 is 2.74 bits per heavy atom. The summed E-state index contributed by atoms with van der Waals surface area (Å²) in [7, 11) is 0. The first-order valence-electron chi connectivity index (χ1n) is 7.56. The standard InChI is InChI=1S/C18H19FN2O2/c1-13-20-17-8-4-5-9-18(17)21(13)10-15(22)12-23-11-14-6-2-3-7-16(14)19/h2-9,15,22H,10-12H2,1H3/t15-/m1/s1. The summed E-state index contributed by atoms with van der Waals surface area (Å²) in [5, 5.41) is 10.2. The van der Waals surface area contributed by atoms with Crippen LogP contribution in [0, 0.1) is 12.7 Å². The van der Waals surface area contributed by atoms with Crippen LogP contribution in [0.15, 0.2) is 48.5 Å². The molecule has 0 spiro atoms. The van der Waals surface area contributed by atoms with Gasteiger partial charge < -0.3 is 14.4 Å². The Morgan fingerprint density at radius 1 is 1.17 bits per heavy atom. The first-order chi connectivity index (χ1) is 11.1. The lowest BCUT2D eigenvalue weighted by Gasteiger charge is -2.14. The van der Waals surface area contributed by atoms with Gasteiger partial charge in [-0.05, 0) is 25.1 Å². The number of imidazole rings is 1. The molecule has 120 valence electrons. The summed E-state index contributed by atoms with van der Waals surface area (Å²) < 4.78 is 20.9. The number of benzene rings is 2. The minimum absolute atomic E-state index is 0.139. The van der Waals surface area contributed by atoms with Crippen molar-refractivity contribution in [3.63, 3.8) is 0 Å². The van der Waals surface area contributed by atoms with Gasteiger partial charge in [0, 0.05) is 5.56 Å². The van der Waals surface area contributed by atoms with Crippen molar-refractivity contribution in [2.24, 2.45) is 0 Å². The lowest BCUT2D eigenvalue weighted by Crippen LogP contribution is -2.22. The monoisotopic (exact) mass is 314 g/mol. The van der Waals surface area contributed by atoms with Crippen molar-refractivity contribution in [1.29, 1.82) is 0 Å². The van der Waals surface area contributed by atoms with Crippen LogP contribution in [0.1, 0.15) is 11.4 Å². The van der Waals surface area contributed by atoms with Gasteiger partial charge >= 0.3 is 0 Å². The Hall–Kier alpha value is -2.24. The highest BCUT2D eigenvalue weighted by molar-refractivity contribution is 5.75. The van der Waals surface area contributed by atoms with Crippen LogP contribution >= 0.6 is 0 Å². The summed E-state index contributed by atoms with van der Waals surface area (Å²) in [5.41, 5.74) is 2.38. The molecule has 23 heavy (non-hydrogen) atoms. The Bertz CT molecular complexity index is 801. The molecule has 0 amide bonds. The fourth-order valence-electron chi connectivity index (χ4n) is 2.61. The number of para-hydroxylation sites is 2. The SMILES string of the molecule is Cc1nc2ccccc2n1C[C@@H](O)COCc1ccccc1F. The fourth-order valence-corrected chi connectivity index (χ4v) is 2.61. The molecule has 0 aliphatic heterocycles. The number of hydrogen-bond acceptors (Lipinski definition) is 3. The zero-order valence-electron chi connectivity index (χ0n) is 12.9. The second kappa shape index (κ2) is 6.89. The van der Waals surface area contributed by atoms with Crippen molar-refractivity contribution in [1.82, 2.24) is 9.55 Å². The van der Waals surface area contributed by atoms with E-state index < -0.39 is 6.10 Å². The number of hydrogen-bond donors (Lipinski definition) is 1. The van der Waals surface area contributed by atoms with Gasteiger partial charge in [0.05, 0.1) is 36.9 Å². The first-order valence-corrected chi connectivity index (χ1v) is 7.56. The molecule has 0 saturated heterocycles. The van der Waals surface area contributed by atoms with E-state index in [-0.39, 0.29) is 19.0 Å². The normalized spacial score (nSPS) is 12.7. The van der Waals surface area contributed by atoms with Crippen LogP contribution in [0.4, 0.5) is 4.39 Å². The number of halogens is 1. The number of ether oxygens (including phenoxy) is 1. The van der Waals surface area contributed by atoms with E-state index in [1.165, 1.54) is 6.07 Å². The molecule has 1 N–H and O–H groups in total. The smallest absolute Gasteiger partial charge is 0.128 e. The lowest BCUT2D eigenvalue weighted by atomic mass is 10.2. The maximum Gasteiger partial charge on any atom is 0.128 e. The van der Waals surface area contributed by atoms with Gasteiger partial charge in [-0.15, -0.1) is 0 Å². The predicted octanol–water partition coefficient (Wildman–Crippen LogP) is 3.06. The van der Waals surface area contributed by atoms with E-state index in [4.69, 9.17) is 4.74 Å². The lowest BCUT2D eigenvalue weighted by molar-refractivity contribution is 0.0197. The van der Waals surface area contributed by atoms with Crippen molar-refractivity contribution in [2.75, 3.05) is 6.61 Å². The predicted molar refractivity (Wildman–Crippen MR) is 86.5 cm³/mol. The number of aliphatic hydroxyl groups is 1. The molecule has 0 aliphatic rings. The van der Waals surface area contributed by atoms with Crippen LogP contribution in [0.5, 0.6) is 0 Å². The Morgan fingerprint density at radius 2 is 1.91 bits per heavy atom. The van der Waals surface area contributed by atoms with Crippen molar-refractivity contribution in [3.8, 4) is 0 Å². The molecule has 1 atom stereocenters. The fraction of sp³-hybridized carbons (Fsp3) is 0.278. The molecular formula is C18H19FN2O2. The molecular weight excluding hydrogens is 295 g/mol. The van der Waals surface area contributed by atoms with E-state index in [1.807, 2.05) is 35.8 Å². The summed E-state index contributed by atoms with van der Waals surface area (Å²) in [4.78, 5) is 4.47. The van der Waals surface area contributed by atoms with Gasteiger partial charge in [0.15, 0.2) is 0 Å². The molecule has 3 aromatic rings. The van der Waals surface area contributed by atoms with Gasteiger partial charge in [-0.2, -0.15) is 0 Å². The largest absolute Gasteiger partial charge is 0.389 e. The van der Waals surface area contributed by atoms with Crippen molar-refractivity contribution in [3.05, 3.63) is 65.7 Å². The van der Waals surface area contributed by atoms with E-state index in [0.717, 1.165) is 16.9 Å². The highest BCUT2D eigenvalue weighted by Gasteiger charge is 2.12. The zero-order chi connectivity index (χ0) is 16.2. The maximum absolute atomic E-state index is 13.5. The summed E-state index contributed by atoms with van der Waals surface area (Å²) in [5.74, 6) is 0.554. The van der Waals surface area contributed by atoms with Gasteiger partial charge in [0.1, 0.15) is 11.6 Å². The second-order valence-corrected chi connectivity index (χ2v) is 5.52. The zero-order valence-corrected chi connectivity index (χ0v) is 12.9. The van der Waals surface area contributed by atoms with Crippen molar-refractivity contribution < 1.29 is 14.2 Å². The van der Waals surface area contributed by atoms with Crippen LogP contribution in [0.25, 0.3) is 11.0 Å². The minimum atomic E-state index is -0.682. The third-order valence-corrected chi connectivity index (χ3v) is 3.76. The minimum Gasteiger partial charge on any atom is -0.389 e. The van der Waals surface area contributed by atoms with Gasteiger partial charge in [0.25, 0.3) is 0 Å². The van der Waals surface area contributed by atoms with Gasteiger partial charge in [-0.1, -0.05) is 30.3 Å². The van der Waals surface area contributed by atoms with Gasteiger partial charge in [0.2, 0.25) is 0 Å². The van der Waals surface area contributed by atoms with E-state index in [0.29, 0.717) is 12.1 Å². The molecule has 2 aromatic carbocycles. The quantitative estimate of drug-likeness (QED) is 0.760. The molecule has 0 radical (unpaired) electrons. The Balaban J connectivity index is 1.60. The summed E-state index contributed by atoms with van der Waals surface area (Å²) >= 11 is 0. The van der Waals surface area contributed by atoms with Crippen molar-refractivity contribution >= 4 is 11.0 Å². The number of fused-ring (bicyclic) bond motifs is 1. The van der Waals surface area contributed by atoms with Crippen LogP contribution in [-0.2, 0) is 17.9 Å². The van der Waals surface area contributed by atoms with Crippen molar-refractivity contribution in [2.45, 2.75) is 26.2 Å². The Labute approximate surface area is 134 Å². The molecule has 4 nitrogen and oxygen atoms in total. The molecule has 0 unspecified atom stereocenters. The molecule has 5 heteroatoms.